The van der Waals surface area contributed by atoms with E-state index in [0.717, 1.165) is 7.05 Å². The Morgan fingerprint density at radius 1 is 1.30 bits per heavy atom. The molecule has 27 heavy (non-hydrogen) atoms. The molecule has 1 aliphatic rings. The van der Waals surface area contributed by atoms with Crippen molar-refractivity contribution in [2.75, 3.05) is 13.7 Å². The van der Waals surface area contributed by atoms with Gasteiger partial charge in [0.05, 0.1) is 6.61 Å². The monoisotopic (exact) mass is 387 g/mol. The van der Waals surface area contributed by atoms with E-state index in [0.29, 0.717) is 30.1 Å². The summed E-state index contributed by atoms with van der Waals surface area (Å²) in [7, 11) is 0.938. The van der Waals surface area contributed by atoms with Crippen molar-refractivity contribution >= 4 is 0 Å². The highest BCUT2D eigenvalue weighted by molar-refractivity contribution is 5.24. The minimum atomic E-state index is -4.67. The van der Waals surface area contributed by atoms with E-state index in [4.69, 9.17) is 14.2 Å². The van der Waals surface area contributed by atoms with E-state index < -0.39 is 22.7 Å². The van der Waals surface area contributed by atoms with Gasteiger partial charge in [-0.05, 0) is 30.5 Å². The molecule has 1 fully saturated rings. The normalized spacial score (nSPS) is 28.6. The number of benzene rings is 1. The van der Waals surface area contributed by atoms with Crippen molar-refractivity contribution in [1.29, 1.82) is 0 Å². The molecule has 0 saturated carbocycles. The lowest BCUT2D eigenvalue weighted by Crippen LogP contribution is -2.61. The van der Waals surface area contributed by atoms with Gasteiger partial charge in [-0.1, -0.05) is 40.4 Å². The number of likely N-dealkylation sites (N-methyl/N-ethyl adjacent to an activating group) is 1. The molecule has 2 heterocycles. The first-order valence-electron chi connectivity index (χ1n) is 8.52. The molecule has 3 rings (SSSR count). The highest BCUT2D eigenvalue weighted by atomic mass is 19.4. The molecule has 0 amide bonds. The topological polar surface area (TPSA) is 69.4 Å². The molecule has 1 N–H and O–H groups in total. The fraction of sp³-hybridized carbons (Fsp3) is 0.529. The average molecular weight is 387 g/mol. The molecule has 1 saturated heterocycles. The fourth-order valence-electron chi connectivity index (χ4n) is 3.12. The maximum atomic E-state index is 13.7. The number of nitrogens with zero attached hydrogens (tertiary/aromatic N) is 3. The number of quaternary nitrogens is 1. The summed E-state index contributed by atoms with van der Waals surface area (Å²) < 4.78 is 50.2. The van der Waals surface area contributed by atoms with Crippen molar-refractivity contribution in [3.8, 4) is 0 Å². The lowest BCUT2D eigenvalue weighted by molar-refractivity contribution is -1.18. The van der Waals surface area contributed by atoms with Crippen LogP contribution in [-0.4, -0.2) is 41.0 Å². The highest BCUT2D eigenvalue weighted by Gasteiger charge is 2.71. The van der Waals surface area contributed by atoms with E-state index >= 15 is 0 Å². The van der Waals surface area contributed by atoms with Crippen LogP contribution < -0.4 is 5.48 Å². The Labute approximate surface area is 154 Å². The zero-order chi connectivity index (χ0) is 19.7. The van der Waals surface area contributed by atoms with E-state index in [-0.39, 0.29) is 6.61 Å². The van der Waals surface area contributed by atoms with Crippen molar-refractivity contribution in [3.05, 3.63) is 47.6 Å². The van der Waals surface area contributed by atoms with Gasteiger partial charge < -0.3 is 9.26 Å². The summed E-state index contributed by atoms with van der Waals surface area (Å²) in [5.41, 5.74) is 1.99. The summed E-state index contributed by atoms with van der Waals surface area (Å²) in [5, 5.41) is 3.68. The molecular formula is C17H22F3N4O3+. The van der Waals surface area contributed by atoms with Crippen molar-refractivity contribution in [2.24, 2.45) is 0 Å². The van der Waals surface area contributed by atoms with Gasteiger partial charge >= 0.3 is 6.30 Å². The van der Waals surface area contributed by atoms with Gasteiger partial charge in [0.1, 0.15) is 7.05 Å². The Morgan fingerprint density at radius 2 is 2.00 bits per heavy atom. The molecule has 0 radical (unpaired) electrons. The summed E-state index contributed by atoms with van der Waals surface area (Å²) in [6, 6.07) is 8.78. The van der Waals surface area contributed by atoms with E-state index in [1.54, 1.807) is 44.2 Å². The Bertz CT molecular complexity index is 770. The molecule has 1 aromatic carbocycles. The number of alkyl halides is 3. The molecule has 10 heteroatoms. The molecule has 1 aromatic heterocycles. The van der Waals surface area contributed by atoms with Crippen molar-refractivity contribution < 1.29 is 32.0 Å². The largest absolute Gasteiger partial charge is 0.596 e. The minimum absolute atomic E-state index is 0.0729. The predicted octanol–water partition coefficient (Wildman–Crippen LogP) is 2.98. The third-order valence-corrected chi connectivity index (χ3v) is 4.65. The number of aromatic nitrogens is 2. The predicted molar refractivity (Wildman–Crippen MR) is 87.4 cm³/mol. The van der Waals surface area contributed by atoms with E-state index in [2.05, 4.69) is 15.6 Å². The first-order chi connectivity index (χ1) is 12.7. The van der Waals surface area contributed by atoms with Crippen LogP contribution in [0, 0.1) is 6.92 Å². The number of hydrogen-bond acceptors (Lipinski definition) is 6. The van der Waals surface area contributed by atoms with Crippen LogP contribution in [0.3, 0.4) is 0 Å². The van der Waals surface area contributed by atoms with Crippen LogP contribution in [0.25, 0.3) is 0 Å². The van der Waals surface area contributed by atoms with E-state index in [9.17, 15) is 13.2 Å². The van der Waals surface area contributed by atoms with Crippen LogP contribution in [-0.2, 0) is 21.6 Å². The molecule has 0 bridgehead atoms. The molecule has 7 nitrogen and oxygen atoms in total. The van der Waals surface area contributed by atoms with Gasteiger partial charge in [-0.25, -0.2) is 0 Å². The summed E-state index contributed by atoms with van der Waals surface area (Å²) in [6.07, 6.45) is -5.17. The Hall–Kier alpha value is -2.01. The second-order valence-corrected chi connectivity index (χ2v) is 6.78. The zero-order valence-electron chi connectivity index (χ0n) is 15.3. The zero-order valence-corrected chi connectivity index (χ0v) is 15.3. The van der Waals surface area contributed by atoms with Gasteiger partial charge in [0.15, 0.2) is 11.4 Å². The molecule has 2 aromatic rings. The van der Waals surface area contributed by atoms with Crippen LogP contribution in [0.1, 0.15) is 30.6 Å². The molecule has 3 unspecified atom stereocenters. The third-order valence-electron chi connectivity index (χ3n) is 4.65. The first kappa shape index (κ1) is 19.7. The summed E-state index contributed by atoms with van der Waals surface area (Å²) >= 11 is 0. The van der Waals surface area contributed by atoms with Crippen molar-refractivity contribution in [3.63, 3.8) is 0 Å². The standard InChI is InChI=1S/C17H22F3N4O3/c1-12-21-14(26-22-12)10-7-11-25-15-16(2,13-8-5-4-6-9-13)23-27-24(15,3)17(18,19)20/h4-6,8-9,15,23H,7,10-11H2,1-3H3/q+1. The SMILES string of the molecule is Cc1noc(CCCOC2C(C)(c3ccccc3)NO[N+]2(C)C(F)(F)F)n1. The smallest absolute Gasteiger partial charge is 0.339 e. The minimum Gasteiger partial charge on any atom is -0.339 e. The number of nitrogens with one attached hydrogen (secondary N) is 1. The molecule has 3 atom stereocenters. The quantitative estimate of drug-likeness (QED) is 0.467. The molecule has 0 aliphatic carbocycles. The van der Waals surface area contributed by atoms with Crippen molar-refractivity contribution in [2.45, 2.75) is 44.8 Å². The number of hydrogen-bond donors (Lipinski definition) is 1. The molecule has 148 valence electrons. The fourth-order valence-corrected chi connectivity index (χ4v) is 3.12. The van der Waals surface area contributed by atoms with Crippen LogP contribution >= 0.6 is 0 Å². The summed E-state index contributed by atoms with van der Waals surface area (Å²) in [4.78, 5) is 9.07. The molecule has 1 aliphatic heterocycles. The van der Waals surface area contributed by atoms with Crippen LogP contribution in [0.4, 0.5) is 13.2 Å². The van der Waals surface area contributed by atoms with Gasteiger partial charge in [-0.15, -0.1) is 18.7 Å². The second kappa shape index (κ2) is 7.19. The number of hydroxylamine groups is 4. The average Bonchev–Trinajstić information content (AvgIpc) is 3.15. The van der Waals surface area contributed by atoms with Gasteiger partial charge in [0, 0.05) is 6.42 Å². The van der Waals surface area contributed by atoms with Crippen molar-refractivity contribution in [1.82, 2.24) is 15.6 Å². The van der Waals surface area contributed by atoms with Crippen LogP contribution in [0.15, 0.2) is 34.9 Å². The lowest BCUT2D eigenvalue weighted by atomic mass is 9.90. The van der Waals surface area contributed by atoms with Gasteiger partial charge in [-0.3, -0.25) is 0 Å². The van der Waals surface area contributed by atoms with Gasteiger partial charge in [0.2, 0.25) is 5.89 Å². The van der Waals surface area contributed by atoms with Gasteiger partial charge in [0.25, 0.3) is 6.23 Å². The van der Waals surface area contributed by atoms with E-state index in [1.165, 1.54) is 0 Å². The van der Waals surface area contributed by atoms with E-state index in [1.807, 2.05) is 0 Å². The summed E-state index contributed by atoms with van der Waals surface area (Å²) in [5.74, 6) is 0.938. The lowest BCUT2D eigenvalue weighted by Gasteiger charge is -2.34. The first-order valence-corrected chi connectivity index (χ1v) is 8.52. The summed E-state index contributed by atoms with van der Waals surface area (Å²) in [6.45, 7) is 3.40. The van der Waals surface area contributed by atoms with Gasteiger partial charge in [-0.2, -0.15) is 4.98 Å². The van der Waals surface area contributed by atoms with Crippen LogP contribution in [0.5, 0.6) is 0 Å². The Kier molecular flexibility index (Phi) is 5.26. The highest BCUT2D eigenvalue weighted by Crippen LogP contribution is 2.44. The maximum absolute atomic E-state index is 13.7. The Morgan fingerprint density at radius 3 is 2.59 bits per heavy atom. The maximum Gasteiger partial charge on any atom is 0.596 e. The number of halogens is 3. The van der Waals surface area contributed by atoms with Crippen LogP contribution in [0.2, 0.25) is 0 Å². The number of rotatable bonds is 6. The number of ether oxygens (including phenoxy) is 1. The molecule has 0 spiro atoms. The second-order valence-electron chi connectivity index (χ2n) is 6.78. The molecular weight excluding hydrogens is 365 g/mol. The number of aryl methyl sites for hydroxylation is 2. The third kappa shape index (κ3) is 3.70. The Balaban J connectivity index is 1.76.